The van der Waals surface area contributed by atoms with Gasteiger partial charge in [-0.1, -0.05) is 0 Å². The van der Waals surface area contributed by atoms with Gasteiger partial charge in [-0.2, -0.15) is 0 Å². The number of hydrazine groups is 1. The highest BCUT2D eigenvalue weighted by Crippen LogP contribution is 2.50. The molecular weight excluding hydrogens is 216 g/mol. The van der Waals surface area contributed by atoms with E-state index in [9.17, 15) is 9.59 Å². The maximum absolute atomic E-state index is 11.7. The number of nitrogens with one attached hydrogen (secondary N) is 2. The molecule has 0 saturated heterocycles. The first-order chi connectivity index (χ1) is 8.24. The lowest BCUT2D eigenvalue weighted by atomic mass is 9.94. The van der Waals surface area contributed by atoms with Crippen molar-refractivity contribution >= 4 is 11.8 Å². The van der Waals surface area contributed by atoms with Crippen molar-refractivity contribution in [2.24, 2.45) is 23.7 Å². The lowest BCUT2D eigenvalue weighted by molar-refractivity contribution is -0.130. The third-order valence-corrected chi connectivity index (χ3v) is 4.15. The highest BCUT2D eigenvalue weighted by Gasteiger charge is 2.42. The van der Waals surface area contributed by atoms with Gasteiger partial charge in [-0.3, -0.25) is 20.4 Å². The molecule has 0 atom stereocenters. The molecule has 4 nitrogen and oxygen atoms in total. The van der Waals surface area contributed by atoms with E-state index >= 15 is 0 Å². The van der Waals surface area contributed by atoms with E-state index in [0.717, 1.165) is 24.7 Å². The Morgan fingerprint density at radius 2 is 1.53 bits per heavy atom. The molecule has 0 aromatic carbocycles. The quantitative estimate of drug-likeness (QED) is 0.708. The van der Waals surface area contributed by atoms with Crippen LogP contribution in [0.3, 0.4) is 0 Å². The van der Waals surface area contributed by atoms with Crippen molar-refractivity contribution in [3.63, 3.8) is 0 Å². The molecule has 0 unspecified atom stereocenters. The summed E-state index contributed by atoms with van der Waals surface area (Å²) >= 11 is 0. The van der Waals surface area contributed by atoms with Crippen LogP contribution in [0, 0.1) is 23.7 Å². The van der Waals surface area contributed by atoms with E-state index < -0.39 is 0 Å². The summed E-state index contributed by atoms with van der Waals surface area (Å²) in [6.07, 6.45) is 7.71. The summed E-state index contributed by atoms with van der Waals surface area (Å²) in [5.74, 6) is 2.26. The average molecular weight is 236 g/mol. The summed E-state index contributed by atoms with van der Waals surface area (Å²) in [6, 6.07) is 0. The first-order valence-electron chi connectivity index (χ1n) is 6.82. The van der Waals surface area contributed by atoms with Gasteiger partial charge in [0.25, 0.3) is 0 Å². The van der Waals surface area contributed by atoms with Crippen LogP contribution in [0.4, 0.5) is 0 Å². The van der Waals surface area contributed by atoms with Crippen molar-refractivity contribution in [1.82, 2.24) is 10.9 Å². The second kappa shape index (κ2) is 4.31. The molecule has 3 saturated carbocycles. The van der Waals surface area contributed by atoms with Crippen molar-refractivity contribution in [1.29, 1.82) is 0 Å². The van der Waals surface area contributed by atoms with Crippen molar-refractivity contribution < 1.29 is 9.59 Å². The van der Waals surface area contributed by atoms with Gasteiger partial charge in [-0.15, -0.1) is 0 Å². The summed E-state index contributed by atoms with van der Waals surface area (Å²) in [6.45, 7) is 0. The van der Waals surface area contributed by atoms with Crippen LogP contribution in [0.25, 0.3) is 0 Å². The maximum atomic E-state index is 11.7. The number of carbonyl (C=O) groups excluding carboxylic acids is 2. The van der Waals surface area contributed by atoms with E-state index in [1.54, 1.807) is 0 Å². The third-order valence-electron chi connectivity index (χ3n) is 4.15. The monoisotopic (exact) mass is 236 g/mol. The van der Waals surface area contributed by atoms with E-state index in [1.807, 2.05) is 0 Å². The molecule has 2 amide bonds. The Labute approximate surface area is 101 Å². The molecular formula is C13H20N2O2. The molecule has 0 spiro atoms. The summed E-state index contributed by atoms with van der Waals surface area (Å²) in [7, 11) is 0. The van der Waals surface area contributed by atoms with Crippen LogP contribution in [0.1, 0.15) is 44.9 Å². The number of rotatable bonds is 5. The van der Waals surface area contributed by atoms with Crippen LogP contribution < -0.4 is 10.9 Å². The first-order valence-corrected chi connectivity index (χ1v) is 6.82. The molecule has 3 fully saturated rings. The minimum atomic E-state index is -0.0206. The molecule has 17 heavy (non-hydrogen) atoms. The fourth-order valence-corrected chi connectivity index (χ4v) is 2.61. The third kappa shape index (κ3) is 2.99. The Kier molecular flexibility index (Phi) is 2.81. The topological polar surface area (TPSA) is 58.2 Å². The second-order valence-corrected chi connectivity index (χ2v) is 5.85. The number of amides is 2. The van der Waals surface area contributed by atoms with Crippen molar-refractivity contribution in [3.05, 3.63) is 0 Å². The molecule has 3 rings (SSSR count). The molecule has 3 aliphatic rings. The Balaban J connectivity index is 1.40. The van der Waals surface area contributed by atoms with Gasteiger partial charge >= 0.3 is 0 Å². The summed E-state index contributed by atoms with van der Waals surface area (Å²) in [5.41, 5.74) is 5.09. The van der Waals surface area contributed by atoms with Crippen LogP contribution in [0.15, 0.2) is 0 Å². The zero-order chi connectivity index (χ0) is 11.8. The van der Waals surface area contributed by atoms with Crippen molar-refractivity contribution in [3.8, 4) is 0 Å². The number of hydrogen-bond acceptors (Lipinski definition) is 2. The molecule has 0 bridgehead atoms. The van der Waals surface area contributed by atoms with Gasteiger partial charge in [0.05, 0.1) is 0 Å². The van der Waals surface area contributed by atoms with Gasteiger partial charge in [0.2, 0.25) is 11.8 Å². The first kappa shape index (κ1) is 11.1. The fourth-order valence-electron chi connectivity index (χ4n) is 2.61. The predicted octanol–water partition coefficient (Wildman–Crippen LogP) is 1.37. The van der Waals surface area contributed by atoms with E-state index in [4.69, 9.17) is 0 Å². The molecule has 3 aliphatic carbocycles. The predicted molar refractivity (Wildman–Crippen MR) is 62.6 cm³/mol. The lowest BCUT2D eigenvalue weighted by Crippen LogP contribution is -2.43. The molecule has 4 heteroatoms. The zero-order valence-electron chi connectivity index (χ0n) is 10.1. The molecule has 0 aromatic rings. The zero-order valence-corrected chi connectivity index (χ0v) is 10.1. The van der Waals surface area contributed by atoms with Gasteiger partial charge in [0.15, 0.2) is 0 Å². The van der Waals surface area contributed by atoms with Crippen LogP contribution in [-0.2, 0) is 9.59 Å². The summed E-state index contributed by atoms with van der Waals surface area (Å²) in [4.78, 5) is 23.1. The molecule has 0 radical (unpaired) electrons. The highest BCUT2D eigenvalue weighted by atomic mass is 16.2. The van der Waals surface area contributed by atoms with E-state index in [0.29, 0.717) is 12.3 Å². The summed E-state index contributed by atoms with van der Waals surface area (Å²) < 4.78 is 0. The smallest absolute Gasteiger partial charge is 0.241 e. The average Bonchev–Trinajstić information content (AvgIpc) is 3.19. The van der Waals surface area contributed by atoms with Gasteiger partial charge in [-0.05, 0) is 56.3 Å². The SMILES string of the molecule is O=C(CC(C1CC1)C1CC1)NNC(=O)C1CC1. The Morgan fingerprint density at radius 1 is 0.941 bits per heavy atom. The van der Waals surface area contributed by atoms with Crippen LogP contribution >= 0.6 is 0 Å². The second-order valence-electron chi connectivity index (χ2n) is 5.85. The van der Waals surface area contributed by atoms with Gasteiger partial charge in [-0.25, -0.2) is 0 Å². The molecule has 94 valence electrons. The largest absolute Gasteiger partial charge is 0.273 e. The molecule has 0 aliphatic heterocycles. The lowest BCUT2D eigenvalue weighted by Gasteiger charge is -2.15. The Morgan fingerprint density at radius 3 is 2.00 bits per heavy atom. The highest BCUT2D eigenvalue weighted by molar-refractivity contribution is 5.84. The van der Waals surface area contributed by atoms with Crippen LogP contribution in [-0.4, -0.2) is 11.8 Å². The van der Waals surface area contributed by atoms with Gasteiger partial charge in [0, 0.05) is 12.3 Å². The molecule has 0 aromatic heterocycles. The molecule has 2 N–H and O–H groups in total. The standard InChI is InChI=1S/C13H20N2O2/c16-12(14-15-13(17)10-5-6-10)7-11(8-1-2-8)9-3-4-9/h8-11H,1-7H2,(H,14,16)(H,15,17). The van der Waals surface area contributed by atoms with Crippen LogP contribution in [0.2, 0.25) is 0 Å². The van der Waals surface area contributed by atoms with Crippen molar-refractivity contribution in [2.45, 2.75) is 44.9 Å². The van der Waals surface area contributed by atoms with Gasteiger partial charge < -0.3 is 0 Å². The summed E-state index contributed by atoms with van der Waals surface area (Å²) in [5, 5.41) is 0. The molecule has 0 heterocycles. The van der Waals surface area contributed by atoms with Gasteiger partial charge in [0.1, 0.15) is 0 Å². The maximum Gasteiger partial charge on any atom is 0.241 e. The normalized spacial score (nSPS) is 23.6. The van der Waals surface area contributed by atoms with E-state index in [-0.39, 0.29) is 17.7 Å². The Hall–Kier alpha value is -1.06. The number of hydrogen-bond donors (Lipinski definition) is 2. The minimum Gasteiger partial charge on any atom is -0.273 e. The minimum absolute atomic E-state index is 0.0113. The fraction of sp³-hybridized carbons (Fsp3) is 0.846. The number of carbonyl (C=O) groups is 2. The van der Waals surface area contributed by atoms with Crippen molar-refractivity contribution in [2.75, 3.05) is 0 Å². The Bertz CT molecular complexity index is 318. The van der Waals surface area contributed by atoms with Crippen LogP contribution in [0.5, 0.6) is 0 Å². The van der Waals surface area contributed by atoms with E-state index in [2.05, 4.69) is 10.9 Å². The van der Waals surface area contributed by atoms with E-state index in [1.165, 1.54) is 25.7 Å².